The summed E-state index contributed by atoms with van der Waals surface area (Å²) < 4.78 is 5.35. The van der Waals surface area contributed by atoms with Crippen LogP contribution in [0.2, 0.25) is 0 Å². The minimum atomic E-state index is -0.303. The van der Waals surface area contributed by atoms with Gasteiger partial charge in [0, 0.05) is 19.2 Å². The minimum Gasteiger partial charge on any atom is -0.456 e. The van der Waals surface area contributed by atoms with E-state index in [0.717, 1.165) is 17.7 Å². The molecule has 1 amide bonds. The Bertz CT molecular complexity index is 531. The number of nitrogens with zero attached hydrogens (tertiary/aromatic N) is 1. The quantitative estimate of drug-likeness (QED) is 0.862. The highest BCUT2D eigenvalue weighted by Gasteiger charge is 2.11. The fourth-order valence-electron chi connectivity index (χ4n) is 1.49. The summed E-state index contributed by atoms with van der Waals surface area (Å²) in [5, 5.41) is 2.66. The second-order valence-electron chi connectivity index (χ2n) is 3.83. The molecule has 0 unspecified atom stereocenters. The van der Waals surface area contributed by atoms with Crippen LogP contribution in [0.1, 0.15) is 28.8 Å². The van der Waals surface area contributed by atoms with E-state index in [1.807, 2.05) is 13.0 Å². The lowest BCUT2D eigenvalue weighted by Crippen LogP contribution is -2.12. The van der Waals surface area contributed by atoms with E-state index >= 15 is 0 Å². The Balaban J connectivity index is 2.06. The number of carbonyl (C=O) groups is 1. The standard InChI is InChI=1S/C13H15N3O2/c1-2-10-4-5-11(18-10)13(17)16-12-6-3-9(7-14)8-15-12/h3-6,8H,2,7,14H2,1H3,(H,15,16,17). The van der Waals surface area contributed by atoms with Crippen molar-refractivity contribution in [2.45, 2.75) is 19.9 Å². The van der Waals surface area contributed by atoms with E-state index in [1.54, 1.807) is 24.4 Å². The number of anilines is 1. The maximum absolute atomic E-state index is 11.8. The molecule has 0 radical (unpaired) electrons. The zero-order valence-corrected chi connectivity index (χ0v) is 10.1. The number of aryl methyl sites for hydroxylation is 1. The van der Waals surface area contributed by atoms with E-state index in [0.29, 0.717) is 12.4 Å². The summed E-state index contributed by atoms with van der Waals surface area (Å²) in [5.74, 6) is 1.25. The van der Waals surface area contributed by atoms with Gasteiger partial charge in [-0.2, -0.15) is 0 Å². The number of nitrogens with one attached hydrogen (secondary N) is 1. The molecular weight excluding hydrogens is 230 g/mol. The lowest BCUT2D eigenvalue weighted by Gasteiger charge is -2.03. The highest BCUT2D eigenvalue weighted by atomic mass is 16.3. The average Bonchev–Trinajstić information content (AvgIpc) is 2.88. The van der Waals surface area contributed by atoms with Gasteiger partial charge in [0.05, 0.1) is 0 Å². The van der Waals surface area contributed by atoms with Gasteiger partial charge in [-0.15, -0.1) is 0 Å². The molecule has 5 heteroatoms. The fourth-order valence-corrected chi connectivity index (χ4v) is 1.49. The first kappa shape index (κ1) is 12.3. The molecule has 0 aromatic carbocycles. The maximum atomic E-state index is 11.8. The number of nitrogens with two attached hydrogens (primary N) is 1. The second-order valence-corrected chi connectivity index (χ2v) is 3.83. The molecule has 18 heavy (non-hydrogen) atoms. The van der Waals surface area contributed by atoms with Gasteiger partial charge in [-0.05, 0) is 23.8 Å². The number of aromatic nitrogens is 1. The van der Waals surface area contributed by atoms with Crippen molar-refractivity contribution in [1.29, 1.82) is 0 Å². The highest BCUT2D eigenvalue weighted by molar-refractivity contribution is 6.01. The van der Waals surface area contributed by atoms with E-state index < -0.39 is 0 Å². The first-order valence-electron chi connectivity index (χ1n) is 5.78. The molecule has 5 nitrogen and oxygen atoms in total. The number of hydrogen-bond donors (Lipinski definition) is 2. The monoisotopic (exact) mass is 245 g/mol. The van der Waals surface area contributed by atoms with Crippen molar-refractivity contribution in [2.75, 3.05) is 5.32 Å². The molecule has 2 aromatic rings. The third-order valence-electron chi connectivity index (χ3n) is 2.54. The highest BCUT2D eigenvalue weighted by Crippen LogP contribution is 2.11. The van der Waals surface area contributed by atoms with E-state index in [2.05, 4.69) is 10.3 Å². The molecule has 0 aliphatic rings. The first-order valence-corrected chi connectivity index (χ1v) is 5.78. The number of pyridine rings is 1. The van der Waals surface area contributed by atoms with E-state index in [-0.39, 0.29) is 11.7 Å². The van der Waals surface area contributed by atoms with Crippen LogP contribution in [0.15, 0.2) is 34.9 Å². The Morgan fingerprint density at radius 1 is 1.39 bits per heavy atom. The van der Waals surface area contributed by atoms with Crippen LogP contribution in [0, 0.1) is 0 Å². The molecule has 2 aromatic heterocycles. The molecule has 2 heterocycles. The van der Waals surface area contributed by atoms with Crippen molar-refractivity contribution in [3.8, 4) is 0 Å². The Labute approximate surface area is 105 Å². The van der Waals surface area contributed by atoms with Crippen LogP contribution in [-0.4, -0.2) is 10.9 Å². The molecule has 3 N–H and O–H groups in total. The summed E-state index contributed by atoms with van der Waals surface area (Å²) in [5.41, 5.74) is 6.38. The van der Waals surface area contributed by atoms with Crippen molar-refractivity contribution in [2.24, 2.45) is 5.73 Å². The Morgan fingerprint density at radius 3 is 2.78 bits per heavy atom. The van der Waals surface area contributed by atoms with Crippen molar-refractivity contribution in [1.82, 2.24) is 4.98 Å². The zero-order chi connectivity index (χ0) is 13.0. The SMILES string of the molecule is CCc1ccc(C(=O)Nc2ccc(CN)cn2)o1. The molecule has 94 valence electrons. The molecule has 0 fully saturated rings. The summed E-state index contributed by atoms with van der Waals surface area (Å²) in [6.07, 6.45) is 2.39. The number of furan rings is 1. The van der Waals surface area contributed by atoms with E-state index in [4.69, 9.17) is 10.2 Å². The number of hydrogen-bond acceptors (Lipinski definition) is 4. The average molecular weight is 245 g/mol. The molecule has 0 saturated carbocycles. The van der Waals surface area contributed by atoms with Gasteiger partial charge in [0.1, 0.15) is 11.6 Å². The normalized spacial score (nSPS) is 10.3. The van der Waals surface area contributed by atoms with Crippen LogP contribution in [0.4, 0.5) is 5.82 Å². The van der Waals surface area contributed by atoms with Gasteiger partial charge in [-0.3, -0.25) is 4.79 Å². The molecule has 0 aliphatic heterocycles. The summed E-state index contributed by atoms with van der Waals surface area (Å²) in [6.45, 7) is 2.40. The summed E-state index contributed by atoms with van der Waals surface area (Å²) >= 11 is 0. The van der Waals surface area contributed by atoms with Gasteiger partial charge < -0.3 is 15.5 Å². The molecule has 0 saturated heterocycles. The molecule has 0 bridgehead atoms. The van der Waals surface area contributed by atoms with Crippen LogP contribution in [0.25, 0.3) is 0 Å². The third-order valence-corrected chi connectivity index (χ3v) is 2.54. The zero-order valence-electron chi connectivity index (χ0n) is 10.1. The van der Waals surface area contributed by atoms with Gasteiger partial charge in [-0.1, -0.05) is 13.0 Å². The van der Waals surface area contributed by atoms with Crippen LogP contribution >= 0.6 is 0 Å². The predicted molar refractivity (Wildman–Crippen MR) is 68.2 cm³/mol. The van der Waals surface area contributed by atoms with Gasteiger partial charge in [0.2, 0.25) is 0 Å². The van der Waals surface area contributed by atoms with Crippen molar-refractivity contribution in [3.05, 3.63) is 47.5 Å². The van der Waals surface area contributed by atoms with Crippen molar-refractivity contribution < 1.29 is 9.21 Å². The van der Waals surface area contributed by atoms with Gasteiger partial charge >= 0.3 is 0 Å². The van der Waals surface area contributed by atoms with Crippen LogP contribution in [0.5, 0.6) is 0 Å². The third kappa shape index (κ3) is 2.75. The van der Waals surface area contributed by atoms with Gasteiger partial charge in [-0.25, -0.2) is 4.98 Å². The maximum Gasteiger partial charge on any atom is 0.292 e. The molecule has 0 spiro atoms. The Hall–Kier alpha value is -2.14. The van der Waals surface area contributed by atoms with Crippen LogP contribution < -0.4 is 11.1 Å². The number of rotatable bonds is 4. The minimum absolute atomic E-state index is 0.288. The fraction of sp³-hybridized carbons (Fsp3) is 0.231. The van der Waals surface area contributed by atoms with Crippen LogP contribution in [-0.2, 0) is 13.0 Å². The molecular formula is C13H15N3O2. The number of amides is 1. The Kier molecular flexibility index (Phi) is 3.74. The molecule has 2 rings (SSSR count). The summed E-state index contributed by atoms with van der Waals surface area (Å²) in [6, 6.07) is 6.98. The first-order chi connectivity index (χ1) is 8.72. The smallest absolute Gasteiger partial charge is 0.292 e. The Morgan fingerprint density at radius 2 is 2.22 bits per heavy atom. The lowest BCUT2D eigenvalue weighted by molar-refractivity contribution is 0.0994. The summed E-state index contributed by atoms with van der Waals surface area (Å²) in [4.78, 5) is 15.9. The lowest BCUT2D eigenvalue weighted by atomic mass is 10.3. The molecule has 0 aliphatic carbocycles. The van der Waals surface area contributed by atoms with E-state index in [9.17, 15) is 4.79 Å². The van der Waals surface area contributed by atoms with Gasteiger partial charge in [0.15, 0.2) is 5.76 Å². The van der Waals surface area contributed by atoms with Crippen molar-refractivity contribution in [3.63, 3.8) is 0 Å². The largest absolute Gasteiger partial charge is 0.456 e. The predicted octanol–water partition coefficient (Wildman–Crippen LogP) is 1.95. The molecule has 0 atom stereocenters. The summed E-state index contributed by atoms with van der Waals surface area (Å²) in [7, 11) is 0. The van der Waals surface area contributed by atoms with Gasteiger partial charge in [0.25, 0.3) is 5.91 Å². The van der Waals surface area contributed by atoms with Crippen molar-refractivity contribution >= 4 is 11.7 Å². The topological polar surface area (TPSA) is 81.2 Å². The second kappa shape index (κ2) is 5.46. The van der Waals surface area contributed by atoms with Crippen LogP contribution in [0.3, 0.4) is 0 Å². The van der Waals surface area contributed by atoms with E-state index in [1.165, 1.54) is 0 Å². The number of carbonyl (C=O) groups excluding carboxylic acids is 1.